The van der Waals surface area contributed by atoms with Gasteiger partial charge in [-0.25, -0.2) is 0 Å². The molecule has 6 heteroatoms. The highest BCUT2D eigenvalue weighted by Crippen LogP contribution is 2.22. The van der Waals surface area contributed by atoms with Gasteiger partial charge in [-0.3, -0.25) is 0 Å². The zero-order valence-corrected chi connectivity index (χ0v) is 10.5. The van der Waals surface area contributed by atoms with Gasteiger partial charge in [0.15, 0.2) is 5.76 Å². The van der Waals surface area contributed by atoms with Crippen LogP contribution in [0.4, 0.5) is 0 Å². The predicted octanol–water partition coefficient (Wildman–Crippen LogP) is 0.231. The van der Waals surface area contributed by atoms with E-state index >= 15 is 0 Å². The van der Waals surface area contributed by atoms with E-state index in [2.05, 4.69) is 5.16 Å². The van der Waals surface area contributed by atoms with Gasteiger partial charge in [-0.05, 0) is 12.8 Å². The summed E-state index contributed by atoms with van der Waals surface area (Å²) < 4.78 is 15.8. The Labute approximate surface area is 106 Å². The van der Waals surface area contributed by atoms with Gasteiger partial charge in [-0.15, -0.1) is 0 Å². The molecule has 6 nitrogen and oxygen atoms in total. The summed E-state index contributed by atoms with van der Waals surface area (Å²) in [5.41, 5.74) is 6.40. The first-order valence-electron chi connectivity index (χ1n) is 6.20. The van der Waals surface area contributed by atoms with Gasteiger partial charge in [-0.1, -0.05) is 5.16 Å². The molecular weight excluding hydrogens is 236 g/mol. The van der Waals surface area contributed by atoms with Crippen molar-refractivity contribution in [3.05, 3.63) is 17.5 Å². The van der Waals surface area contributed by atoms with E-state index < -0.39 is 6.10 Å². The molecule has 2 rings (SSSR count). The third kappa shape index (κ3) is 3.29. The SMILES string of the molecule is COCc1cc(C[C@@H]2CC[C@H](O)[C@@H](CN)O2)no1. The van der Waals surface area contributed by atoms with Crippen LogP contribution in [0.5, 0.6) is 0 Å². The number of hydrogen-bond donors (Lipinski definition) is 2. The van der Waals surface area contributed by atoms with Crippen LogP contribution in [-0.2, 0) is 22.5 Å². The maximum atomic E-state index is 9.67. The Morgan fingerprint density at radius 3 is 3.11 bits per heavy atom. The van der Waals surface area contributed by atoms with Crippen LogP contribution in [0.15, 0.2) is 10.6 Å². The monoisotopic (exact) mass is 256 g/mol. The van der Waals surface area contributed by atoms with Crippen molar-refractivity contribution >= 4 is 0 Å². The van der Waals surface area contributed by atoms with Crippen molar-refractivity contribution in [1.82, 2.24) is 5.16 Å². The van der Waals surface area contributed by atoms with Crippen LogP contribution in [-0.4, -0.2) is 42.2 Å². The highest BCUT2D eigenvalue weighted by atomic mass is 16.5. The zero-order valence-electron chi connectivity index (χ0n) is 10.5. The molecule has 1 saturated heterocycles. The largest absolute Gasteiger partial charge is 0.390 e. The maximum Gasteiger partial charge on any atom is 0.162 e. The summed E-state index contributed by atoms with van der Waals surface area (Å²) in [6.07, 6.45) is 1.53. The fraction of sp³-hybridized carbons (Fsp3) is 0.750. The summed E-state index contributed by atoms with van der Waals surface area (Å²) in [4.78, 5) is 0. The second-order valence-corrected chi connectivity index (χ2v) is 4.60. The highest BCUT2D eigenvalue weighted by molar-refractivity contribution is 5.06. The molecule has 2 heterocycles. The van der Waals surface area contributed by atoms with Crippen LogP contribution in [0.3, 0.4) is 0 Å². The zero-order chi connectivity index (χ0) is 13.0. The third-order valence-corrected chi connectivity index (χ3v) is 3.14. The molecule has 3 N–H and O–H groups in total. The first-order valence-corrected chi connectivity index (χ1v) is 6.20. The lowest BCUT2D eigenvalue weighted by Gasteiger charge is -2.32. The lowest BCUT2D eigenvalue weighted by atomic mass is 9.98. The molecule has 18 heavy (non-hydrogen) atoms. The minimum Gasteiger partial charge on any atom is -0.390 e. The lowest BCUT2D eigenvalue weighted by molar-refractivity contribution is -0.112. The van der Waals surface area contributed by atoms with E-state index in [1.807, 2.05) is 6.07 Å². The van der Waals surface area contributed by atoms with Crippen LogP contribution >= 0.6 is 0 Å². The Balaban J connectivity index is 1.88. The molecule has 0 unspecified atom stereocenters. The van der Waals surface area contributed by atoms with Crippen molar-refractivity contribution in [3.63, 3.8) is 0 Å². The van der Waals surface area contributed by atoms with Gasteiger partial charge in [-0.2, -0.15) is 0 Å². The molecule has 1 fully saturated rings. The fourth-order valence-electron chi connectivity index (χ4n) is 2.21. The Bertz CT molecular complexity index is 369. The molecule has 3 atom stereocenters. The molecule has 1 aromatic rings. The van der Waals surface area contributed by atoms with Crippen molar-refractivity contribution in [2.75, 3.05) is 13.7 Å². The van der Waals surface area contributed by atoms with E-state index in [4.69, 9.17) is 19.7 Å². The molecule has 1 aliphatic heterocycles. The predicted molar refractivity (Wildman–Crippen MR) is 63.9 cm³/mol. The Hall–Kier alpha value is -0.950. The normalized spacial score (nSPS) is 28.5. The van der Waals surface area contributed by atoms with Crippen molar-refractivity contribution in [2.24, 2.45) is 5.73 Å². The highest BCUT2D eigenvalue weighted by Gasteiger charge is 2.29. The number of aliphatic hydroxyl groups excluding tert-OH is 1. The van der Waals surface area contributed by atoms with Crippen LogP contribution in [0.25, 0.3) is 0 Å². The van der Waals surface area contributed by atoms with Crippen LogP contribution in [0.1, 0.15) is 24.3 Å². The molecule has 0 spiro atoms. The average molecular weight is 256 g/mol. The van der Waals surface area contributed by atoms with Gasteiger partial charge < -0.3 is 24.8 Å². The fourth-order valence-corrected chi connectivity index (χ4v) is 2.21. The molecule has 0 bridgehead atoms. The number of aliphatic hydroxyl groups is 1. The van der Waals surface area contributed by atoms with E-state index in [0.717, 1.165) is 18.5 Å². The number of hydrogen-bond acceptors (Lipinski definition) is 6. The molecule has 102 valence electrons. The molecule has 1 aromatic heterocycles. The second kappa shape index (κ2) is 6.29. The first kappa shape index (κ1) is 13.5. The summed E-state index contributed by atoms with van der Waals surface area (Å²) in [6.45, 7) is 0.758. The van der Waals surface area contributed by atoms with Gasteiger partial charge in [0.1, 0.15) is 6.61 Å². The summed E-state index contributed by atoms with van der Waals surface area (Å²) in [6, 6.07) is 1.87. The quantitative estimate of drug-likeness (QED) is 0.783. The summed E-state index contributed by atoms with van der Waals surface area (Å²) >= 11 is 0. The van der Waals surface area contributed by atoms with E-state index in [1.54, 1.807) is 7.11 Å². The number of methoxy groups -OCH3 is 1. The number of nitrogens with two attached hydrogens (primary N) is 1. The Morgan fingerprint density at radius 2 is 2.39 bits per heavy atom. The van der Waals surface area contributed by atoms with Gasteiger partial charge in [0.05, 0.1) is 24.0 Å². The van der Waals surface area contributed by atoms with E-state index in [1.165, 1.54) is 0 Å². The van der Waals surface area contributed by atoms with Crippen LogP contribution < -0.4 is 5.73 Å². The standard InChI is InChI=1S/C12H20N2O4/c1-16-7-10-5-8(14-18-10)4-9-2-3-11(15)12(6-13)17-9/h5,9,11-12,15H,2-4,6-7,13H2,1H3/t9-,11-,12+/m0/s1. The smallest absolute Gasteiger partial charge is 0.162 e. The maximum absolute atomic E-state index is 9.67. The number of rotatable bonds is 5. The number of aromatic nitrogens is 1. The van der Waals surface area contributed by atoms with E-state index in [9.17, 15) is 5.11 Å². The summed E-state index contributed by atoms with van der Waals surface area (Å²) in [5.74, 6) is 0.707. The average Bonchev–Trinajstić information content (AvgIpc) is 2.80. The Morgan fingerprint density at radius 1 is 1.56 bits per heavy atom. The van der Waals surface area contributed by atoms with Crippen molar-refractivity contribution in [3.8, 4) is 0 Å². The molecule has 0 saturated carbocycles. The summed E-state index contributed by atoms with van der Waals surface area (Å²) in [5, 5.41) is 13.6. The van der Waals surface area contributed by atoms with E-state index in [-0.39, 0.29) is 12.2 Å². The van der Waals surface area contributed by atoms with Gasteiger partial charge in [0.2, 0.25) is 0 Å². The van der Waals surface area contributed by atoms with E-state index in [0.29, 0.717) is 25.3 Å². The molecular formula is C12H20N2O4. The van der Waals surface area contributed by atoms with Gasteiger partial charge in [0, 0.05) is 26.1 Å². The number of nitrogens with zero attached hydrogens (tertiary/aromatic N) is 1. The van der Waals surface area contributed by atoms with Crippen LogP contribution in [0, 0.1) is 0 Å². The van der Waals surface area contributed by atoms with Crippen molar-refractivity contribution in [2.45, 2.75) is 44.2 Å². The minimum absolute atomic E-state index is 0.0439. The van der Waals surface area contributed by atoms with Crippen molar-refractivity contribution < 1.29 is 19.1 Å². The van der Waals surface area contributed by atoms with Crippen molar-refractivity contribution in [1.29, 1.82) is 0 Å². The third-order valence-electron chi connectivity index (χ3n) is 3.14. The van der Waals surface area contributed by atoms with Gasteiger partial charge in [0.25, 0.3) is 0 Å². The molecule has 0 aliphatic carbocycles. The lowest BCUT2D eigenvalue weighted by Crippen LogP contribution is -2.44. The topological polar surface area (TPSA) is 90.7 Å². The molecule has 1 aliphatic rings. The molecule has 0 radical (unpaired) electrons. The second-order valence-electron chi connectivity index (χ2n) is 4.60. The van der Waals surface area contributed by atoms with Gasteiger partial charge >= 0.3 is 0 Å². The molecule has 0 amide bonds. The number of ether oxygens (including phenoxy) is 2. The Kier molecular flexibility index (Phi) is 4.71. The van der Waals surface area contributed by atoms with Crippen LogP contribution in [0.2, 0.25) is 0 Å². The summed E-state index contributed by atoms with van der Waals surface area (Å²) in [7, 11) is 1.61. The minimum atomic E-state index is -0.451. The molecule has 0 aromatic carbocycles. The first-order chi connectivity index (χ1) is 8.72.